The van der Waals surface area contributed by atoms with Crippen LogP contribution in [0.5, 0.6) is 5.75 Å². The standard InChI is InChI=1S/C29H40O2Si2/c1-28(2,3)32(7,8)30-23-24-19-21-25(22-20-24)31-33(29(4,5)6,26-15-11-9-12-16-26)27-17-13-10-14-18-27/h9-22H,23H2,1-8H3. The summed E-state index contributed by atoms with van der Waals surface area (Å²) in [7, 11) is -4.38. The second-order valence-electron chi connectivity index (χ2n) is 11.5. The zero-order chi connectivity index (χ0) is 24.3. The number of hydrogen-bond donors (Lipinski definition) is 0. The predicted octanol–water partition coefficient (Wildman–Crippen LogP) is 7.15. The highest BCUT2D eigenvalue weighted by molar-refractivity contribution is 7.00. The van der Waals surface area contributed by atoms with E-state index >= 15 is 0 Å². The zero-order valence-corrected chi connectivity index (χ0v) is 23.6. The second-order valence-corrected chi connectivity index (χ2v) is 20.5. The lowest BCUT2D eigenvalue weighted by atomic mass is 10.2. The van der Waals surface area contributed by atoms with Crippen molar-refractivity contribution < 1.29 is 8.85 Å². The molecule has 0 aliphatic rings. The van der Waals surface area contributed by atoms with Gasteiger partial charge in [0, 0.05) is 0 Å². The molecule has 3 aromatic carbocycles. The maximum atomic E-state index is 7.10. The minimum absolute atomic E-state index is 0.0557. The fourth-order valence-electron chi connectivity index (χ4n) is 3.96. The number of hydrogen-bond acceptors (Lipinski definition) is 2. The van der Waals surface area contributed by atoms with Crippen LogP contribution in [0.1, 0.15) is 47.1 Å². The van der Waals surface area contributed by atoms with Crippen LogP contribution in [0.15, 0.2) is 84.9 Å². The van der Waals surface area contributed by atoms with Crippen LogP contribution in [0.2, 0.25) is 23.2 Å². The molecule has 0 amide bonds. The van der Waals surface area contributed by atoms with Crippen LogP contribution >= 0.6 is 0 Å². The Labute approximate surface area is 203 Å². The molecule has 0 heterocycles. The summed E-state index contributed by atoms with van der Waals surface area (Å²) in [5.41, 5.74) is 1.19. The SMILES string of the molecule is CC(C)(C)[Si](C)(C)OCc1ccc(O[Si](c2ccccc2)(c2ccccc2)C(C)(C)C)cc1. The Morgan fingerprint density at radius 2 is 1.06 bits per heavy atom. The molecule has 0 saturated heterocycles. The Bertz CT molecular complexity index is 976. The normalized spacial score (nSPS) is 13.1. The third-order valence-corrected chi connectivity index (χ3v) is 16.4. The van der Waals surface area contributed by atoms with Crippen LogP contribution in [0.4, 0.5) is 0 Å². The summed E-state index contributed by atoms with van der Waals surface area (Å²) < 4.78 is 13.5. The summed E-state index contributed by atoms with van der Waals surface area (Å²) in [6, 6.07) is 30.1. The molecule has 3 aromatic rings. The van der Waals surface area contributed by atoms with Gasteiger partial charge in [0.15, 0.2) is 8.32 Å². The smallest absolute Gasteiger partial charge is 0.319 e. The quantitative estimate of drug-likeness (QED) is 0.337. The first-order valence-electron chi connectivity index (χ1n) is 11.9. The van der Waals surface area contributed by atoms with Crippen molar-refractivity contribution in [2.45, 2.75) is 71.3 Å². The minimum atomic E-state index is -2.61. The number of benzene rings is 3. The Hall–Kier alpha value is -2.15. The van der Waals surface area contributed by atoms with E-state index in [0.29, 0.717) is 6.61 Å². The molecule has 0 aliphatic carbocycles. The third kappa shape index (κ3) is 5.51. The highest BCUT2D eigenvalue weighted by Crippen LogP contribution is 2.38. The van der Waals surface area contributed by atoms with E-state index < -0.39 is 16.6 Å². The van der Waals surface area contributed by atoms with E-state index in [2.05, 4.69) is 140 Å². The van der Waals surface area contributed by atoms with Crippen molar-refractivity contribution in [3.63, 3.8) is 0 Å². The fourth-order valence-corrected chi connectivity index (χ4v) is 9.34. The molecule has 3 rings (SSSR count). The molecular weight excluding hydrogens is 436 g/mol. The molecule has 4 heteroatoms. The first-order valence-corrected chi connectivity index (χ1v) is 16.7. The van der Waals surface area contributed by atoms with Crippen molar-refractivity contribution in [2.75, 3.05) is 0 Å². The summed E-state index contributed by atoms with van der Waals surface area (Å²) in [5, 5.41) is 2.72. The van der Waals surface area contributed by atoms with E-state index in [1.54, 1.807) is 0 Å². The van der Waals surface area contributed by atoms with E-state index in [0.717, 1.165) is 5.75 Å². The summed E-state index contributed by atoms with van der Waals surface area (Å²) in [6.07, 6.45) is 0. The first-order chi connectivity index (χ1) is 15.4. The zero-order valence-electron chi connectivity index (χ0n) is 21.6. The molecule has 33 heavy (non-hydrogen) atoms. The largest absolute Gasteiger partial charge is 0.534 e. The van der Waals surface area contributed by atoms with Gasteiger partial charge in [0.1, 0.15) is 5.75 Å². The van der Waals surface area contributed by atoms with Gasteiger partial charge >= 0.3 is 8.32 Å². The van der Waals surface area contributed by atoms with Gasteiger partial charge in [-0.15, -0.1) is 0 Å². The lowest BCUT2D eigenvalue weighted by Gasteiger charge is -2.43. The Morgan fingerprint density at radius 1 is 0.606 bits per heavy atom. The van der Waals surface area contributed by atoms with Gasteiger partial charge in [-0.3, -0.25) is 0 Å². The fraction of sp³-hybridized carbons (Fsp3) is 0.379. The van der Waals surface area contributed by atoms with Gasteiger partial charge in [-0.2, -0.15) is 0 Å². The minimum Gasteiger partial charge on any atom is -0.534 e. The molecule has 176 valence electrons. The number of rotatable bonds is 7. The Balaban J connectivity index is 1.95. The van der Waals surface area contributed by atoms with Gasteiger partial charge in [0.25, 0.3) is 0 Å². The molecule has 0 aromatic heterocycles. The van der Waals surface area contributed by atoms with Gasteiger partial charge in [-0.05, 0) is 51.2 Å². The van der Waals surface area contributed by atoms with E-state index in [-0.39, 0.29) is 10.1 Å². The van der Waals surface area contributed by atoms with E-state index in [1.165, 1.54) is 15.9 Å². The van der Waals surface area contributed by atoms with E-state index in [4.69, 9.17) is 8.85 Å². The molecule has 0 N–H and O–H groups in total. The molecule has 0 saturated carbocycles. The van der Waals surface area contributed by atoms with Crippen molar-refractivity contribution in [3.05, 3.63) is 90.5 Å². The van der Waals surface area contributed by atoms with Crippen LogP contribution in [-0.2, 0) is 11.0 Å². The predicted molar refractivity (Wildman–Crippen MR) is 147 cm³/mol. The van der Waals surface area contributed by atoms with Crippen molar-refractivity contribution in [1.82, 2.24) is 0 Å². The van der Waals surface area contributed by atoms with Crippen molar-refractivity contribution in [1.29, 1.82) is 0 Å². The molecule has 0 spiro atoms. The average Bonchev–Trinajstić information content (AvgIpc) is 2.76. The van der Waals surface area contributed by atoms with Gasteiger partial charge in [0.2, 0.25) is 0 Å². The maximum absolute atomic E-state index is 7.10. The van der Waals surface area contributed by atoms with Crippen molar-refractivity contribution >= 4 is 27.0 Å². The molecule has 0 aliphatic heterocycles. The summed E-state index contributed by atoms with van der Waals surface area (Å²) in [4.78, 5) is 0. The van der Waals surface area contributed by atoms with Gasteiger partial charge < -0.3 is 8.85 Å². The van der Waals surface area contributed by atoms with Crippen LogP contribution in [0.25, 0.3) is 0 Å². The van der Waals surface area contributed by atoms with Crippen LogP contribution in [0.3, 0.4) is 0 Å². The summed E-state index contributed by atoms with van der Waals surface area (Å²) >= 11 is 0. The topological polar surface area (TPSA) is 18.5 Å². The molecule has 0 bridgehead atoms. The Kier molecular flexibility index (Phi) is 7.42. The van der Waals surface area contributed by atoms with Crippen LogP contribution in [0, 0.1) is 0 Å². The van der Waals surface area contributed by atoms with E-state index in [1.807, 2.05) is 0 Å². The van der Waals surface area contributed by atoms with Crippen LogP contribution < -0.4 is 14.8 Å². The highest BCUT2D eigenvalue weighted by Gasteiger charge is 2.52. The Morgan fingerprint density at radius 3 is 1.45 bits per heavy atom. The lowest BCUT2D eigenvalue weighted by Crippen LogP contribution is -2.68. The second kappa shape index (κ2) is 9.61. The molecule has 0 fully saturated rings. The third-order valence-electron chi connectivity index (χ3n) is 7.02. The van der Waals surface area contributed by atoms with Crippen LogP contribution in [-0.4, -0.2) is 16.6 Å². The first kappa shape index (κ1) is 25.5. The van der Waals surface area contributed by atoms with Gasteiger partial charge in [0.05, 0.1) is 6.61 Å². The van der Waals surface area contributed by atoms with Gasteiger partial charge in [-0.25, -0.2) is 0 Å². The average molecular weight is 477 g/mol. The van der Waals surface area contributed by atoms with Crippen molar-refractivity contribution in [2.24, 2.45) is 0 Å². The monoisotopic (exact) mass is 476 g/mol. The highest BCUT2D eigenvalue weighted by atomic mass is 28.4. The maximum Gasteiger partial charge on any atom is 0.319 e. The molecule has 2 nitrogen and oxygen atoms in total. The van der Waals surface area contributed by atoms with E-state index in [9.17, 15) is 0 Å². The molecule has 0 radical (unpaired) electrons. The van der Waals surface area contributed by atoms with Gasteiger partial charge in [-0.1, -0.05) is 114 Å². The lowest BCUT2D eigenvalue weighted by molar-refractivity contribution is 0.276. The summed E-state index contributed by atoms with van der Waals surface area (Å²) in [5.74, 6) is 0.917. The molecule has 0 atom stereocenters. The molecule has 0 unspecified atom stereocenters. The summed E-state index contributed by atoms with van der Waals surface area (Å²) in [6.45, 7) is 19.0. The van der Waals surface area contributed by atoms with Crippen molar-refractivity contribution in [3.8, 4) is 5.75 Å². The molecular formula is C29H40O2Si2.